The number of nitrogens with zero attached hydrogens (tertiary/aromatic N) is 2. The molecule has 1 aliphatic carbocycles. The van der Waals surface area contributed by atoms with E-state index in [2.05, 4.69) is 4.85 Å². The number of rotatable bonds is 3. The molecule has 0 N–H and O–H groups in total. The van der Waals surface area contributed by atoms with Gasteiger partial charge in [-0.2, -0.15) is 17.6 Å². The van der Waals surface area contributed by atoms with Crippen molar-refractivity contribution < 1.29 is 35.2 Å². The Kier molecular flexibility index (Phi) is 4.34. The third-order valence-electron chi connectivity index (χ3n) is 4.18. The van der Waals surface area contributed by atoms with Crippen molar-refractivity contribution in [3.05, 3.63) is 52.9 Å². The fourth-order valence-electron chi connectivity index (χ4n) is 2.86. The highest BCUT2D eigenvalue weighted by molar-refractivity contribution is 7.91. The fourth-order valence-corrected chi connectivity index (χ4v) is 3.80. The quantitative estimate of drug-likeness (QED) is 0.575. The van der Waals surface area contributed by atoms with Crippen molar-refractivity contribution >= 4 is 21.3 Å². The average Bonchev–Trinajstić information content (AvgIpc) is 2.99. The van der Waals surface area contributed by atoms with E-state index in [0.29, 0.717) is 6.20 Å². The van der Waals surface area contributed by atoms with Gasteiger partial charge in [0.1, 0.15) is 10.7 Å². The normalized spacial score (nSPS) is 16.3. The number of fused-ring (bicyclic) bond motifs is 1. The number of hydrogen-bond donors (Lipinski definition) is 0. The molecule has 1 aromatic heterocycles. The van der Waals surface area contributed by atoms with Crippen LogP contribution in [0, 0.1) is 12.4 Å². The van der Waals surface area contributed by atoms with Crippen LogP contribution in [0.3, 0.4) is 0 Å². The Morgan fingerprint density at radius 1 is 1.26 bits per heavy atom. The zero-order valence-electron chi connectivity index (χ0n) is 13.2. The summed E-state index contributed by atoms with van der Waals surface area (Å²) in [5.41, 5.74) is -1.68. The number of Topliss-reactive ketones (excluding diaryl/α,β-unsaturated/α-hetero) is 1. The highest BCUT2D eigenvalue weighted by atomic mass is 32.2. The van der Waals surface area contributed by atoms with Gasteiger partial charge in [0.2, 0.25) is 21.3 Å². The summed E-state index contributed by atoms with van der Waals surface area (Å²) in [5, 5.41) is 0. The van der Waals surface area contributed by atoms with Crippen LogP contribution in [0.5, 0.6) is 0 Å². The van der Waals surface area contributed by atoms with Gasteiger partial charge in [-0.05, 0) is 24.6 Å². The minimum absolute atomic E-state index is 0.0209. The predicted octanol–water partition coefficient (Wildman–Crippen LogP) is 3.93. The summed E-state index contributed by atoms with van der Waals surface area (Å²) in [7, 11) is -5.36. The first-order chi connectivity index (χ1) is 12.5. The Hall–Kier alpha value is -2.74. The second kappa shape index (κ2) is 6.16. The van der Waals surface area contributed by atoms with E-state index in [1.54, 1.807) is 0 Å². The molecule has 0 atom stereocenters. The first kappa shape index (κ1) is 19.0. The molecule has 2 aromatic rings. The maximum absolute atomic E-state index is 13.8. The summed E-state index contributed by atoms with van der Waals surface area (Å²) in [6, 6.07) is 2.99. The molecule has 27 heavy (non-hydrogen) atoms. The zero-order chi connectivity index (χ0) is 20.1. The summed E-state index contributed by atoms with van der Waals surface area (Å²) in [4.78, 5) is 13.8. The van der Waals surface area contributed by atoms with Crippen LogP contribution in [0.25, 0.3) is 10.5 Å². The first-order valence-electron chi connectivity index (χ1n) is 7.37. The molecule has 0 radical (unpaired) electrons. The molecule has 142 valence electrons. The van der Waals surface area contributed by atoms with Gasteiger partial charge in [0.15, 0.2) is 0 Å². The molecular formula is C16H9F5N2O3S. The van der Waals surface area contributed by atoms with E-state index < -0.39 is 62.1 Å². The molecule has 0 saturated heterocycles. The number of alkyl halides is 4. The van der Waals surface area contributed by atoms with Crippen LogP contribution in [-0.2, 0) is 16.3 Å². The zero-order valence-corrected chi connectivity index (χ0v) is 14.0. The summed E-state index contributed by atoms with van der Waals surface area (Å²) in [5.74, 6) is -10.6. The molecule has 3 rings (SSSR count). The minimum atomic E-state index is -5.36. The Labute approximate surface area is 149 Å². The number of aromatic nitrogens is 1. The van der Waals surface area contributed by atoms with Gasteiger partial charge in [0.05, 0.1) is 12.1 Å². The molecule has 0 saturated carbocycles. The van der Waals surface area contributed by atoms with E-state index in [1.165, 1.54) is 0 Å². The Bertz CT molecular complexity index is 1100. The van der Waals surface area contributed by atoms with Gasteiger partial charge >= 0.3 is 11.7 Å². The number of sulfone groups is 1. The van der Waals surface area contributed by atoms with Crippen LogP contribution in [0.15, 0.2) is 29.3 Å². The first-order valence-corrected chi connectivity index (χ1v) is 8.91. The second-order valence-corrected chi connectivity index (χ2v) is 7.66. The lowest BCUT2D eigenvalue weighted by Gasteiger charge is -2.22. The van der Waals surface area contributed by atoms with Crippen molar-refractivity contribution in [2.45, 2.75) is 29.4 Å². The Morgan fingerprint density at radius 2 is 1.93 bits per heavy atom. The lowest BCUT2D eigenvalue weighted by atomic mass is 9.93. The van der Waals surface area contributed by atoms with Gasteiger partial charge in [-0.3, -0.25) is 4.79 Å². The Balaban J connectivity index is 2.34. The fraction of sp³-hybridized carbons (Fsp3) is 0.250. The number of carbonyl (C=O) groups is 1. The molecule has 11 heteroatoms. The summed E-state index contributed by atoms with van der Waals surface area (Å²) < 4.78 is 91.9. The lowest BCUT2D eigenvalue weighted by Crippen LogP contribution is -2.35. The van der Waals surface area contributed by atoms with Gasteiger partial charge in [-0.15, -0.1) is 0 Å². The molecule has 0 amide bonds. The smallest absolute Gasteiger partial charge is 0.320 e. The van der Waals surface area contributed by atoms with E-state index in [4.69, 9.17) is 6.57 Å². The van der Waals surface area contributed by atoms with E-state index in [-0.39, 0.29) is 11.4 Å². The van der Waals surface area contributed by atoms with Crippen molar-refractivity contribution in [1.82, 2.24) is 4.57 Å². The topological polar surface area (TPSA) is 60.5 Å². The maximum atomic E-state index is 13.8. The van der Waals surface area contributed by atoms with Crippen molar-refractivity contribution in [3.63, 3.8) is 0 Å². The molecule has 5 nitrogen and oxygen atoms in total. The van der Waals surface area contributed by atoms with Crippen molar-refractivity contribution in [2.75, 3.05) is 0 Å². The van der Waals surface area contributed by atoms with E-state index >= 15 is 0 Å². The van der Waals surface area contributed by atoms with Crippen molar-refractivity contribution in [3.8, 4) is 5.69 Å². The molecule has 0 spiro atoms. The van der Waals surface area contributed by atoms with E-state index in [9.17, 15) is 35.2 Å². The van der Waals surface area contributed by atoms with Crippen molar-refractivity contribution in [2.24, 2.45) is 0 Å². The maximum Gasteiger partial charge on any atom is 0.341 e. The third-order valence-corrected chi connectivity index (χ3v) is 5.57. The monoisotopic (exact) mass is 404 g/mol. The van der Waals surface area contributed by atoms with Gasteiger partial charge in [-0.1, -0.05) is 0 Å². The van der Waals surface area contributed by atoms with Crippen LogP contribution < -0.4 is 0 Å². The molecule has 0 fully saturated rings. The third kappa shape index (κ3) is 2.90. The Morgan fingerprint density at radius 3 is 2.52 bits per heavy atom. The van der Waals surface area contributed by atoms with E-state index in [0.717, 1.165) is 22.8 Å². The molecule has 0 aliphatic heterocycles. The molecule has 1 aromatic carbocycles. The number of halogens is 5. The number of ketones is 1. The largest absolute Gasteiger partial charge is 0.341 e. The highest BCUT2D eigenvalue weighted by Gasteiger charge is 2.48. The van der Waals surface area contributed by atoms with Crippen LogP contribution in [-0.4, -0.2) is 30.4 Å². The standard InChI is InChI=1S/C16H9F5N2O3S/c1-22-10-6-8(2-3-9(10)17)23-7-12(27(25,26)15(18)19)13-11(23)4-5-16(20,21)14(13)24/h2-3,6-7,15H,4-5H2. The number of benzene rings is 1. The SMILES string of the molecule is [C-]#[N+]c1cc(-n2cc(S(=O)(=O)C(F)F)c3c2CCC(F)(F)C3=O)ccc1F. The van der Waals surface area contributed by atoms with Crippen LogP contribution >= 0.6 is 0 Å². The molecular weight excluding hydrogens is 395 g/mol. The highest BCUT2D eigenvalue weighted by Crippen LogP contribution is 2.40. The van der Waals surface area contributed by atoms with Crippen LogP contribution in [0.1, 0.15) is 22.5 Å². The average molecular weight is 404 g/mol. The van der Waals surface area contributed by atoms with E-state index in [1.807, 2.05) is 0 Å². The van der Waals surface area contributed by atoms with Gasteiger partial charge < -0.3 is 4.57 Å². The van der Waals surface area contributed by atoms with Gasteiger partial charge in [0.25, 0.3) is 0 Å². The molecule has 1 aliphatic rings. The molecule has 0 bridgehead atoms. The number of hydrogen-bond acceptors (Lipinski definition) is 3. The van der Waals surface area contributed by atoms with Gasteiger partial charge in [-0.25, -0.2) is 17.7 Å². The van der Waals surface area contributed by atoms with Crippen molar-refractivity contribution in [1.29, 1.82) is 0 Å². The molecule has 0 unspecified atom stereocenters. The second-order valence-electron chi connectivity index (χ2n) is 5.77. The lowest BCUT2D eigenvalue weighted by molar-refractivity contribution is 0.00140. The minimum Gasteiger partial charge on any atom is -0.320 e. The summed E-state index contributed by atoms with van der Waals surface area (Å²) in [6.45, 7) is 6.90. The summed E-state index contributed by atoms with van der Waals surface area (Å²) >= 11 is 0. The predicted molar refractivity (Wildman–Crippen MR) is 82.8 cm³/mol. The summed E-state index contributed by atoms with van der Waals surface area (Å²) in [6.07, 6.45) is -0.780. The van der Waals surface area contributed by atoms with Crippen LogP contribution in [0.4, 0.5) is 27.6 Å². The van der Waals surface area contributed by atoms with Crippen LogP contribution in [0.2, 0.25) is 0 Å². The van der Waals surface area contributed by atoms with Gasteiger partial charge in [0, 0.05) is 24.0 Å². The number of carbonyl (C=O) groups excluding carboxylic acids is 1. The molecule has 1 heterocycles.